The van der Waals surface area contributed by atoms with Crippen LogP contribution in [0.2, 0.25) is 0 Å². The molecule has 0 aromatic heterocycles. The van der Waals surface area contributed by atoms with Gasteiger partial charge in [0.1, 0.15) is 12.6 Å². The lowest BCUT2D eigenvalue weighted by Gasteiger charge is -2.23. The molecule has 0 saturated carbocycles. The van der Waals surface area contributed by atoms with Crippen LogP contribution in [0.3, 0.4) is 0 Å². The van der Waals surface area contributed by atoms with E-state index in [1.165, 1.54) is 128 Å². The summed E-state index contributed by atoms with van der Waals surface area (Å²) in [5.74, 6) is -0.140. The van der Waals surface area contributed by atoms with Crippen LogP contribution in [0.1, 0.15) is 175 Å². The molecule has 0 bridgehead atoms. The summed E-state index contributed by atoms with van der Waals surface area (Å²) in [6, 6.07) is 0. The van der Waals surface area contributed by atoms with E-state index < -0.39 is 0 Å². The zero-order valence-electron chi connectivity index (χ0n) is 26.1. The Hall–Kier alpha value is -1.26. The normalized spacial score (nSPS) is 11.9. The number of hydrogen-bond donors (Lipinski definition) is 1. The average molecular weight is 539 g/mol. The molecule has 0 aromatic rings. The second-order valence-electron chi connectivity index (χ2n) is 11.5. The van der Waals surface area contributed by atoms with Gasteiger partial charge in [-0.15, -0.1) is 0 Å². The summed E-state index contributed by atoms with van der Waals surface area (Å²) in [6.45, 7) is 7.19. The molecule has 0 spiro atoms. The van der Waals surface area contributed by atoms with E-state index in [0.717, 1.165) is 25.7 Å². The van der Waals surface area contributed by atoms with E-state index in [-0.39, 0.29) is 24.6 Å². The zero-order valence-corrected chi connectivity index (χ0v) is 26.1. The third kappa shape index (κ3) is 25.0. The van der Waals surface area contributed by atoms with Gasteiger partial charge in [0, 0.05) is 13.6 Å². The molecule has 1 N–H and O–H groups in total. The van der Waals surface area contributed by atoms with Crippen LogP contribution < -0.4 is 5.32 Å². The van der Waals surface area contributed by atoms with Gasteiger partial charge in [-0.05, 0) is 26.2 Å². The molecular weight excluding hydrogens is 472 g/mol. The van der Waals surface area contributed by atoms with Gasteiger partial charge in [0.15, 0.2) is 0 Å². The molecule has 0 heterocycles. The molecule has 0 fully saturated rings. The van der Waals surface area contributed by atoms with E-state index in [1.54, 1.807) is 11.9 Å². The van der Waals surface area contributed by atoms with E-state index in [4.69, 9.17) is 4.74 Å². The summed E-state index contributed by atoms with van der Waals surface area (Å²) < 4.78 is 5.71. The van der Waals surface area contributed by atoms with Gasteiger partial charge < -0.3 is 10.1 Å². The highest BCUT2D eigenvalue weighted by Gasteiger charge is 2.20. The second-order valence-corrected chi connectivity index (χ2v) is 11.5. The van der Waals surface area contributed by atoms with Crippen molar-refractivity contribution >= 4 is 12.0 Å². The van der Waals surface area contributed by atoms with E-state index >= 15 is 0 Å². The number of rotatable bonds is 28. The first-order chi connectivity index (χ1) is 18.5. The van der Waals surface area contributed by atoms with Crippen molar-refractivity contribution in [1.82, 2.24) is 10.2 Å². The Morgan fingerprint density at radius 3 is 1.37 bits per heavy atom. The molecule has 0 saturated heterocycles. The molecule has 2 amide bonds. The summed E-state index contributed by atoms with van der Waals surface area (Å²) in [6.07, 6.45) is 30.3. The highest BCUT2D eigenvalue weighted by atomic mass is 16.6. The van der Waals surface area contributed by atoms with E-state index in [2.05, 4.69) is 19.2 Å². The molecule has 1 unspecified atom stereocenters. The first kappa shape index (κ1) is 36.7. The van der Waals surface area contributed by atoms with Crippen molar-refractivity contribution in [2.75, 3.05) is 20.1 Å². The number of carbonyl (C=O) groups excluding carboxylic acids is 2. The van der Waals surface area contributed by atoms with E-state index in [0.29, 0.717) is 6.54 Å². The molecule has 0 radical (unpaired) electrons. The van der Waals surface area contributed by atoms with Gasteiger partial charge in [0.05, 0.1) is 0 Å². The number of hydrogen-bond acceptors (Lipinski definition) is 3. The lowest BCUT2D eigenvalue weighted by molar-refractivity contribution is -0.121. The predicted molar refractivity (Wildman–Crippen MR) is 164 cm³/mol. The Labute approximate surface area is 237 Å². The first-order valence-electron chi connectivity index (χ1n) is 16.7. The average Bonchev–Trinajstić information content (AvgIpc) is 2.91. The van der Waals surface area contributed by atoms with Crippen LogP contribution in [-0.2, 0) is 9.53 Å². The molecule has 5 heteroatoms. The Balaban J connectivity index is 3.94. The zero-order chi connectivity index (χ0) is 28.1. The van der Waals surface area contributed by atoms with Crippen LogP contribution in [0.5, 0.6) is 0 Å². The van der Waals surface area contributed by atoms with Crippen molar-refractivity contribution in [2.45, 2.75) is 181 Å². The predicted octanol–water partition coefficient (Wildman–Crippen LogP) is 9.96. The maximum atomic E-state index is 12.8. The molecule has 0 aliphatic rings. The van der Waals surface area contributed by atoms with Crippen LogP contribution in [-0.4, -0.2) is 43.1 Å². The van der Waals surface area contributed by atoms with Crippen molar-refractivity contribution in [3.05, 3.63) is 0 Å². The summed E-state index contributed by atoms with van der Waals surface area (Å²) in [5.41, 5.74) is 0. The number of carbonyl (C=O) groups is 2. The number of likely N-dealkylation sites (N-methyl/N-ethyl adjacent to an activating group) is 1. The van der Waals surface area contributed by atoms with Gasteiger partial charge in [0.25, 0.3) is 0 Å². The monoisotopic (exact) mass is 539 g/mol. The Bertz CT molecular complexity index is 526. The highest BCUT2D eigenvalue weighted by Crippen LogP contribution is 2.15. The van der Waals surface area contributed by atoms with Gasteiger partial charge in [0.2, 0.25) is 5.91 Å². The van der Waals surface area contributed by atoms with Crippen molar-refractivity contribution in [3.63, 3.8) is 0 Å². The smallest absolute Gasteiger partial charge is 0.410 e. The largest absolute Gasteiger partial charge is 0.446 e. The molecule has 38 heavy (non-hydrogen) atoms. The third-order valence-corrected chi connectivity index (χ3v) is 7.67. The lowest BCUT2D eigenvalue weighted by atomic mass is 10.0. The fourth-order valence-electron chi connectivity index (χ4n) is 5.03. The van der Waals surface area contributed by atoms with E-state index in [1.807, 2.05) is 6.92 Å². The van der Waals surface area contributed by atoms with Gasteiger partial charge in [-0.3, -0.25) is 9.69 Å². The van der Waals surface area contributed by atoms with Gasteiger partial charge in [-0.25, -0.2) is 4.79 Å². The summed E-state index contributed by atoms with van der Waals surface area (Å²) >= 11 is 0. The van der Waals surface area contributed by atoms with Crippen LogP contribution in [0.15, 0.2) is 0 Å². The van der Waals surface area contributed by atoms with Gasteiger partial charge in [-0.1, -0.05) is 149 Å². The fraction of sp³-hybridized carbons (Fsp3) is 0.939. The Morgan fingerprint density at radius 2 is 0.974 bits per heavy atom. The number of ether oxygens (including phenoxy) is 1. The number of unbranched alkanes of at least 4 members (excludes halogenated alkanes) is 21. The standard InChI is InChI=1S/C33H66N2O3/c1-5-7-9-11-13-15-17-18-19-21-23-25-27-29-35(30-32(36)34-4)33(37)38-31(3)28-26-24-22-20-16-14-12-10-8-6-2/h31H,5-30H2,1-4H3,(H,34,36). The summed E-state index contributed by atoms with van der Waals surface area (Å²) in [5, 5.41) is 2.64. The second kappa shape index (κ2) is 28.7. The van der Waals surface area contributed by atoms with Gasteiger partial charge >= 0.3 is 6.09 Å². The van der Waals surface area contributed by atoms with Crippen LogP contribution >= 0.6 is 0 Å². The molecule has 0 aliphatic carbocycles. The van der Waals surface area contributed by atoms with Crippen LogP contribution in [0.25, 0.3) is 0 Å². The lowest BCUT2D eigenvalue weighted by Crippen LogP contribution is -2.41. The van der Waals surface area contributed by atoms with Crippen molar-refractivity contribution < 1.29 is 14.3 Å². The topological polar surface area (TPSA) is 58.6 Å². The van der Waals surface area contributed by atoms with Crippen LogP contribution in [0, 0.1) is 0 Å². The van der Waals surface area contributed by atoms with Crippen molar-refractivity contribution in [1.29, 1.82) is 0 Å². The van der Waals surface area contributed by atoms with E-state index in [9.17, 15) is 9.59 Å². The van der Waals surface area contributed by atoms with Crippen molar-refractivity contribution in [3.8, 4) is 0 Å². The summed E-state index contributed by atoms with van der Waals surface area (Å²) in [7, 11) is 1.62. The number of nitrogens with one attached hydrogen (secondary N) is 1. The number of nitrogens with zero attached hydrogens (tertiary/aromatic N) is 1. The molecule has 0 aliphatic heterocycles. The summed E-state index contributed by atoms with van der Waals surface area (Å²) in [4.78, 5) is 26.3. The highest BCUT2D eigenvalue weighted by molar-refractivity contribution is 5.82. The number of amides is 2. The molecule has 5 nitrogen and oxygen atoms in total. The minimum Gasteiger partial charge on any atom is -0.446 e. The minimum absolute atomic E-state index is 0.0819. The maximum Gasteiger partial charge on any atom is 0.410 e. The van der Waals surface area contributed by atoms with Crippen LogP contribution in [0.4, 0.5) is 4.79 Å². The molecule has 226 valence electrons. The Kier molecular flexibility index (Phi) is 27.8. The quantitative estimate of drug-likeness (QED) is 0.101. The maximum absolute atomic E-state index is 12.8. The molecule has 0 rings (SSSR count). The van der Waals surface area contributed by atoms with Crippen molar-refractivity contribution in [2.24, 2.45) is 0 Å². The third-order valence-electron chi connectivity index (χ3n) is 7.67. The SMILES string of the molecule is CCCCCCCCCCCCCCCN(CC(=O)NC)C(=O)OC(C)CCCCCCCCCCCC. The minimum atomic E-state index is -0.341. The molecule has 0 aromatic carbocycles. The molecular formula is C33H66N2O3. The Morgan fingerprint density at radius 1 is 0.605 bits per heavy atom. The molecule has 1 atom stereocenters. The fourth-order valence-corrected chi connectivity index (χ4v) is 5.03. The van der Waals surface area contributed by atoms with Gasteiger partial charge in [-0.2, -0.15) is 0 Å². The first-order valence-corrected chi connectivity index (χ1v) is 16.7.